The van der Waals surface area contributed by atoms with Gasteiger partial charge < -0.3 is 9.80 Å². The first-order valence-electron chi connectivity index (χ1n) is 9.04. The van der Waals surface area contributed by atoms with Gasteiger partial charge in [0, 0.05) is 42.9 Å². The van der Waals surface area contributed by atoms with Crippen molar-refractivity contribution in [2.75, 3.05) is 24.5 Å². The molecule has 144 valence electrons. The van der Waals surface area contributed by atoms with Crippen molar-refractivity contribution in [3.8, 4) is 0 Å². The first-order valence-corrected chi connectivity index (χ1v) is 9.92. The first kappa shape index (κ1) is 18.3. The second kappa shape index (κ2) is 7.14. The monoisotopic (exact) mass is 395 g/mol. The Morgan fingerprint density at radius 1 is 1.26 bits per heavy atom. The van der Waals surface area contributed by atoms with Crippen LogP contribution in [-0.4, -0.2) is 35.4 Å². The van der Waals surface area contributed by atoms with Crippen molar-refractivity contribution in [1.82, 2.24) is 9.88 Å². The summed E-state index contributed by atoms with van der Waals surface area (Å²) in [6, 6.07) is 4.73. The summed E-state index contributed by atoms with van der Waals surface area (Å²) in [4.78, 5) is 21.5. The van der Waals surface area contributed by atoms with Gasteiger partial charge in [0.2, 0.25) is 5.91 Å². The number of pyridine rings is 1. The van der Waals surface area contributed by atoms with Crippen LogP contribution in [0.1, 0.15) is 29.0 Å². The minimum atomic E-state index is -4.47. The average Bonchev–Trinajstić information content (AvgIpc) is 3.15. The lowest BCUT2D eigenvalue weighted by Gasteiger charge is -2.37. The third-order valence-corrected chi connectivity index (χ3v) is 6.31. The molecule has 0 aromatic carbocycles. The number of fused-ring (bicyclic) bond motifs is 1. The van der Waals surface area contributed by atoms with Crippen LogP contribution in [0.2, 0.25) is 0 Å². The van der Waals surface area contributed by atoms with Crippen LogP contribution in [0.25, 0.3) is 0 Å². The number of alkyl halides is 3. The van der Waals surface area contributed by atoms with E-state index in [4.69, 9.17) is 0 Å². The topological polar surface area (TPSA) is 36.4 Å². The molecule has 1 saturated heterocycles. The smallest absolute Gasteiger partial charge is 0.371 e. The Balaban J connectivity index is 1.46. The summed E-state index contributed by atoms with van der Waals surface area (Å²) in [5.41, 5.74) is 0.805. The fraction of sp³-hybridized carbons (Fsp3) is 0.474. The van der Waals surface area contributed by atoms with Gasteiger partial charge in [0.05, 0.1) is 5.92 Å². The minimum absolute atomic E-state index is 0.113. The van der Waals surface area contributed by atoms with Gasteiger partial charge in [-0.25, -0.2) is 0 Å². The number of aromatic nitrogens is 1. The molecule has 1 amide bonds. The zero-order valence-electron chi connectivity index (χ0n) is 14.7. The predicted octanol–water partition coefficient (Wildman–Crippen LogP) is 3.96. The highest BCUT2D eigenvalue weighted by atomic mass is 32.1. The van der Waals surface area contributed by atoms with E-state index in [9.17, 15) is 18.0 Å². The molecule has 0 spiro atoms. The number of carbonyl (C=O) groups excluding carboxylic acids is 1. The molecule has 0 bridgehead atoms. The molecule has 0 aliphatic carbocycles. The molecule has 8 heteroatoms. The van der Waals surface area contributed by atoms with Gasteiger partial charge in [-0.05, 0) is 48.4 Å². The number of halogens is 3. The highest BCUT2D eigenvalue weighted by Crippen LogP contribution is 2.32. The lowest BCUT2D eigenvalue weighted by molar-refractivity contribution is -0.141. The number of amides is 1. The Morgan fingerprint density at radius 2 is 2.11 bits per heavy atom. The van der Waals surface area contributed by atoms with Gasteiger partial charge in [-0.15, -0.1) is 11.3 Å². The third-order valence-electron chi connectivity index (χ3n) is 5.29. The van der Waals surface area contributed by atoms with Crippen LogP contribution in [-0.2, 0) is 23.9 Å². The van der Waals surface area contributed by atoms with Crippen LogP contribution >= 0.6 is 11.3 Å². The van der Waals surface area contributed by atoms with Crippen LogP contribution < -0.4 is 4.90 Å². The highest BCUT2D eigenvalue weighted by molar-refractivity contribution is 7.10. The molecule has 0 N–H and O–H groups in total. The zero-order chi connectivity index (χ0) is 19.0. The van der Waals surface area contributed by atoms with Gasteiger partial charge in [-0.1, -0.05) is 0 Å². The maximum atomic E-state index is 13.0. The number of anilines is 1. The predicted molar refractivity (Wildman–Crippen MR) is 97.6 cm³/mol. The molecule has 1 fully saturated rings. The van der Waals surface area contributed by atoms with Crippen LogP contribution in [0.3, 0.4) is 0 Å². The number of carbonyl (C=O) groups is 1. The Hall–Kier alpha value is -2.09. The fourth-order valence-corrected chi connectivity index (χ4v) is 4.77. The van der Waals surface area contributed by atoms with E-state index < -0.39 is 11.9 Å². The molecule has 27 heavy (non-hydrogen) atoms. The molecular weight excluding hydrogens is 375 g/mol. The number of hydrogen-bond donors (Lipinski definition) is 0. The number of thiophene rings is 1. The van der Waals surface area contributed by atoms with Crippen molar-refractivity contribution in [3.05, 3.63) is 45.9 Å². The Morgan fingerprint density at radius 3 is 2.93 bits per heavy atom. The van der Waals surface area contributed by atoms with Gasteiger partial charge in [0.25, 0.3) is 0 Å². The van der Waals surface area contributed by atoms with E-state index in [1.165, 1.54) is 16.6 Å². The molecule has 2 aliphatic heterocycles. The van der Waals surface area contributed by atoms with E-state index in [1.807, 2.05) is 9.80 Å². The third kappa shape index (κ3) is 3.81. The maximum absolute atomic E-state index is 13.0. The molecule has 4 rings (SSSR count). The summed E-state index contributed by atoms with van der Waals surface area (Å²) in [5, 5.41) is 2.06. The molecule has 1 unspecified atom stereocenters. The number of nitrogens with zero attached hydrogens (tertiary/aromatic N) is 3. The summed E-state index contributed by atoms with van der Waals surface area (Å²) in [5.74, 6) is -0.0666. The minimum Gasteiger partial charge on any atom is -0.371 e. The van der Waals surface area contributed by atoms with Crippen molar-refractivity contribution >= 4 is 22.9 Å². The second-order valence-corrected chi connectivity index (χ2v) is 8.06. The fourth-order valence-electron chi connectivity index (χ4n) is 3.88. The lowest BCUT2D eigenvalue weighted by Crippen LogP contribution is -2.46. The molecule has 0 saturated carbocycles. The molecule has 4 nitrogen and oxygen atoms in total. The van der Waals surface area contributed by atoms with E-state index in [0.29, 0.717) is 25.3 Å². The summed E-state index contributed by atoms with van der Waals surface area (Å²) in [7, 11) is 0. The molecule has 2 aromatic rings. The molecular formula is C19H20F3N3OS. The van der Waals surface area contributed by atoms with E-state index in [-0.39, 0.29) is 11.8 Å². The van der Waals surface area contributed by atoms with Gasteiger partial charge in [0.15, 0.2) is 0 Å². The van der Waals surface area contributed by atoms with Crippen LogP contribution in [0.4, 0.5) is 18.9 Å². The molecule has 0 radical (unpaired) electrons. The van der Waals surface area contributed by atoms with E-state index in [1.54, 1.807) is 17.4 Å². The normalized spacial score (nSPS) is 20.5. The molecule has 1 atom stereocenters. The maximum Gasteiger partial charge on any atom is 0.433 e. The molecule has 4 heterocycles. The van der Waals surface area contributed by atoms with E-state index in [0.717, 1.165) is 31.9 Å². The number of rotatable bonds is 2. The van der Waals surface area contributed by atoms with Crippen LogP contribution in [0.15, 0.2) is 29.8 Å². The summed E-state index contributed by atoms with van der Waals surface area (Å²) >= 11 is 1.73. The zero-order valence-corrected chi connectivity index (χ0v) is 15.5. The quantitative estimate of drug-likeness (QED) is 0.772. The lowest BCUT2D eigenvalue weighted by atomic mass is 9.95. The SMILES string of the molecule is O=C(C1CCCN(c2ccnc(C(F)(F)F)c2)C1)N1CCc2sccc2C1. The number of piperidine rings is 1. The van der Waals surface area contributed by atoms with Crippen molar-refractivity contribution in [1.29, 1.82) is 0 Å². The second-order valence-electron chi connectivity index (χ2n) is 7.06. The number of hydrogen-bond acceptors (Lipinski definition) is 4. The first-order chi connectivity index (χ1) is 12.9. The Labute approximate surface area is 159 Å². The molecule has 2 aliphatic rings. The Kier molecular flexibility index (Phi) is 4.84. The van der Waals surface area contributed by atoms with E-state index >= 15 is 0 Å². The largest absolute Gasteiger partial charge is 0.433 e. The van der Waals surface area contributed by atoms with Crippen molar-refractivity contribution in [2.45, 2.75) is 32.0 Å². The highest BCUT2D eigenvalue weighted by Gasteiger charge is 2.34. The van der Waals surface area contributed by atoms with Gasteiger partial charge in [0.1, 0.15) is 5.69 Å². The van der Waals surface area contributed by atoms with Crippen LogP contribution in [0, 0.1) is 5.92 Å². The summed E-state index contributed by atoms with van der Waals surface area (Å²) in [6.07, 6.45) is -0.828. The standard InChI is InChI=1S/C19H20F3N3OS/c20-19(21,22)17-10-15(3-6-23-17)24-7-1-2-14(12-24)18(26)25-8-4-16-13(11-25)5-9-27-16/h3,5-6,9-10,14H,1-2,4,7-8,11-12H2. The average molecular weight is 395 g/mol. The van der Waals surface area contributed by atoms with Gasteiger partial charge in [-0.3, -0.25) is 9.78 Å². The van der Waals surface area contributed by atoms with Gasteiger partial charge >= 0.3 is 6.18 Å². The summed E-state index contributed by atoms with van der Waals surface area (Å²) < 4.78 is 38.8. The van der Waals surface area contributed by atoms with Crippen LogP contribution in [0.5, 0.6) is 0 Å². The van der Waals surface area contributed by atoms with Crippen molar-refractivity contribution in [3.63, 3.8) is 0 Å². The van der Waals surface area contributed by atoms with Gasteiger partial charge in [-0.2, -0.15) is 13.2 Å². The van der Waals surface area contributed by atoms with Crippen molar-refractivity contribution < 1.29 is 18.0 Å². The summed E-state index contributed by atoms with van der Waals surface area (Å²) in [6.45, 7) is 2.46. The van der Waals surface area contributed by atoms with E-state index in [2.05, 4.69) is 16.4 Å². The van der Waals surface area contributed by atoms with Crippen molar-refractivity contribution in [2.24, 2.45) is 5.92 Å². The Bertz CT molecular complexity index is 836. The molecule has 2 aromatic heterocycles.